The Kier molecular flexibility index (Phi) is 7.50. The van der Waals surface area contributed by atoms with Crippen LogP contribution in [-0.4, -0.2) is 62.8 Å². The molecule has 0 radical (unpaired) electrons. The number of nitrogens with zero attached hydrogens (tertiary/aromatic N) is 5. The van der Waals surface area contributed by atoms with Gasteiger partial charge in [-0.25, -0.2) is 13.2 Å². The van der Waals surface area contributed by atoms with Crippen molar-refractivity contribution in [2.75, 3.05) is 38.5 Å². The third-order valence-electron chi connectivity index (χ3n) is 3.72. The lowest BCUT2D eigenvalue weighted by Gasteiger charge is -2.18. The van der Waals surface area contributed by atoms with Crippen LogP contribution >= 0.6 is 0 Å². The van der Waals surface area contributed by atoms with Gasteiger partial charge in [0, 0.05) is 26.4 Å². The highest BCUT2D eigenvalue weighted by Gasteiger charge is 2.32. The van der Waals surface area contributed by atoms with Crippen LogP contribution in [0.2, 0.25) is 0 Å². The van der Waals surface area contributed by atoms with Gasteiger partial charge in [-0.3, -0.25) is 10.1 Å². The van der Waals surface area contributed by atoms with Crippen molar-refractivity contribution in [3.8, 4) is 23.6 Å². The first-order chi connectivity index (χ1) is 15.0. The van der Waals surface area contributed by atoms with Crippen LogP contribution in [0, 0.1) is 21.4 Å². The van der Waals surface area contributed by atoms with Gasteiger partial charge in [-0.15, -0.1) is 0 Å². The fourth-order valence-electron chi connectivity index (χ4n) is 2.36. The van der Waals surface area contributed by atoms with Crippen LogP contribution in [0.15, 0.2) is 23.4 Å². The average molecular weight is 465 g/mol. The molecule has 0 atom stereocenters. The van der Waals surface area contributed by atoms with Gasteiger partial charge in [0.15, 0.2) is 12.4 Å². The van der Waals surface area contributed by atoms with E-state index in [0.717, 1.165) is 6.26 Å². The quantitative estimate of drug-likeness (QED) is 0.226. The van der Waals surface area contributed by atoms with Crippen LogP contribution in [-0.2, 0) is 19.4 Å². The Morgan fingerprint density at radius 2 is 1.94 bits per heavy atom. The maximum atomic E-state index is 12.0. The molecule has 2 rings (SSSR count). The minimum Gasteiger partial charge on any atom is -0.463 e. The van der Waals surface area contributed by atoms with Gasteiger partial charge in [-0.05, 0) is 19.1 Å². The number of ether oxygens (including phenoxy) is 3. The summed E-state index contributed by atoms with van der Waals surface area (Å²) in [5, 5.41) is 20.1. The summed E-state index contributed by atoms with van der Waals surface area (Å²) in [6, 6.07) is 6.26. The van der Waals surface area contributed by atoms with E-state index in [1.165, 1.54) is 18.2 Å². The number of hydrogen-bond acceptors (Lipinski definition) is 12. The third kappa shape index (κ3) is 5.79. The second-order valence-electron chi connectivity index (χ2n) is 6.38. The van der Waals surface area contributed by atoms with E-state index in [1.54, 1.807) is 25.9 Å². The molecule has 0 aliphatic carbocycles. The molecular weight excluding hydrogens is 446 g/mol. The summed E-state index contributed by atoms with van der Waals surface area (Å²) in [6.45, 7) is 0.831. The van der Waals surface area contributed by atoms with Crippen LogP contribution in [0.4, 0.5) is 11.4 Å². The van der Waals surface area contributed by atoms with Gasteiger partial charge in [-0.1, -0.05) is 0 Å². The zero-order valence-corrected chi connectivity index (χ0v) is 18.4. The number of carbonyl (C=O) groups excluding carboxylic acids is 1. The lowest BCUT2D eigenvalue weighted by molar-refractivity contribution is -0.387. The topological polar surface area (TPSA) is 175 Å². The van der Waals surface area contributed by atoms with E-state index in [-0.39, 0.29) is 17.9 Å². The number of sulfone groups is 1. The number of hydrogen-bond donors (Lipinski definition) is 0. The molecule has 170 valence electrons. The smallest absolute Gasteiger partial charge is 0.392 e. The molecule has 0 bridgehead atoms. The maximum Gasteiger partial charge on any atom is 0.392 e. The largest absolute Gasteiger partial charge is 0.463 e. The van der Waals surface area contributed by atoms with Gasteiger partial charge in [0.2, 0.25) is 9.84 Å². The molecule has 0 spiro atoms. The van der Waals surface area contributed by atoms with Gasteiger partial charge in [-0.2, -0.15) is 15.2 Å². The van der Waals surface area contributed by atoms with E-state index in [0.29, 0.717) is 5.69 Å². The highest BCUT2D eigenvalue weighted by molar-refractivity contribution is 7.90. The molecule has 0 saturated carbocycles. The minimum absolute atomic E-state index is 0.00774. The lowest BCUT2D eigenvalue weighted by Crippen LogP contribution is -2.17. The second-order valence-corrected chi connectivity index (χ2v) is 8.29. The molecule has 1 aromatic heterocycles. The van der Waals surface area contributed by atoms with Crippen LogP contribution in [0.3, 0.4) is 0 Å². The molecule has 1 heterocycles. The normalized spacial score (nSPS) is 10.7. The molecule has 0 unspecified atom stereocenters. The standard InChI is InChI=1S/C18H19N5O8S/c1-5-29-14(24)10-30-16-15(23(25)26)17(21-18(20-16)32(4,27)28)31-13-8-11(9-19)6-7-12(13)22(2)3/h6-8H,5,10H2,1-4H3. The Morgan fingerprint density at radius 3 is 2.47 bits per heavy atom. The monoisotopic (exact) mass is 465 g/mol. The first-order valence-corrected chi connectivity index (χ1v) is 10.8. The molecule has 0 saturated heterocycles. The van der Waals surface area contributed by atoms with Crippen molar-refractivity contribution in [1.82, 2.24) is 9.97 Å². The zero-order chi connectivity index (χ0) is 24.1. The minimum atomic E-state index is -4.05. The highest BCUT2D eigenvalue weighted by Crippen LogP contribution is 2.40. The second kappa shape index (κ2) is 9.88. The number of anilines is 1. The number of carbonyl (C=O) groups is 1. The Morgan fingerprint density at radius 1 is 1.28 bits per heavy atom. The number of nitro groups is 1. The predicted octanol–water partition coefficient (Wildman–Crippen LogP) is 1.46. The van der Waals surface area contributed by atoms with E-state index in [2.05, 4.69) is 9.97 Å². The van der Waals surface area contributed by atoms with E-state index in [1.807, 2.05) is 6.07 Å². The highest BCUT2D eigenvalue weighted by atomic mass is 32.2. The first kappa shape index (κ1) is 24.3. The summed E-state index contributed by atoms with van der Waals surface area (Å²) in [4.78, 5) is 31.3. The van der Waals surface area contributed by atoms with E-state index < -0.39 is 49.9 Å². The van der Waals surface area contributed by atoms with Crippen molar-refractivity contribution in [2.45, 2.75) is 12.1 Å². The molecule has 32 heavy (non-hydrogen) atoms. The van der Waals surface area contributed by atoms with Crippen LogP contribution < -0.4 is 14.4 Å². The van der Waals surface area contributed by atoms with Crippen LogP contribution in [0.25, 0.3) is 0 Å². The summed E-state index contributed by atoms with van der Waals surface area (Å²) < 4.78 is 39.4. The van der Waals surface area contributed by atoms with E-state index in [4.69, 9.17) is 19.5 Å². The van der Waals surface area contributed by atoms with Gasteiger partial charge in [0.25, 0.3) is 5.16 Å². The van der Waals surface area contributed by atoms with Crippen molar-refractivity contribution in [3.63, 3.8) is 0 Å². The lowest BCUT2D eigenvalue weighted by atomic mass is 10.2. The summed E-state index contributed by atoms with van der Waals surface area (Å²) in [5.74, 6) is -2.40. The van der Waals surface area contributed by atoms with Crippen molar-refractivity contribution < 1.29 is 32.3 Å². The molecule has 13 nitrogen and oxygen atoms in total. The van der Waals surface area contributed by atoms with Gasteiger partial charge >= 0.3 is 23.4 Å². The number of esters is 1. The summed E-state index contributed by atoms with van der Waals surface area (Å²) in [5.41, 5.74) is -0.301. The maximum absolute atomic E-state index is 12.0. The van der Waals surface area contributed by atoms with Crippen LogP contribution in [0.1, 0.15) is 12.5 Å². The van der Waals surface area contributed by atoms with E-state index in [9.17, 15) is 23.3 Å². The Bertz CT molecular complexity index is 1190. The van der Waals surface area contributed by atoms with Crippen LogP contribution in [0.5, 0.6) is 17.5 Å². The molecule has 0 N–H and O–H groups in total. The molecule has 0 aliphatic rings. The predicted molar refractivity (Wildman–Crippen MR) is 109 cm³/mol. The van der Waals surface area contributed by atoms with E-state index >= 15 is 0 Å². The Balaban J connectivity index is 2.68. The summed E-state index contributed by atoms with van der Waals surface area (Å²) in [6.07, 6.45) is 0.786. The average Bonchev–Trinajstić information content (AvgIpc) is 2.70. The first-order valence-electron chi connectivity index (χ1n) is 8.92. The van der Waals surface area contributed by atoms with Crippen molar-refractivity contribution >= 4 is 27.2 Å². The zero-order valence-electron chi connectivity index (χ0n) is 17.6. The molecule has 14 heteroatoms. The van der Waals surface area contributed by atoms with Gasteiger partial charge in [0.05, 0.1) is 28.9 Å². The fraction of sp³-hybridized carbons (Fsp3) is 0.333. The number of benzene rings is 1. The van der Waals surface area contributed by atoms with Gasteiger partial charge < -0.3 is 19.1 Å². The molecular formula is C18H19N5O8S. The molecule has 1 aromatic carbocycles. The van der Waals surface area contributed by atoms with Crippen molar-refractivity contribution in [1.29, 1.82) is 5.26 Å². The molecule has 0 amide bonds. The third-order valence-corrected chi connectivity index (χ3v) is 4.57. The molecule has 0 aliphatic heterocycles. The summed E-state index contributed by atoms with van der Waals surface area (Å²) in [7, 11) is -0.724. The Labute approximate surface area is 183 Å². The summed E-state index contributed by atoms with van der Waals surface area (Å²) >= 11 is 0. The molecule has 0 fully saturated rings. The van der Waals surface area contributed by atoms with Crippen molar-refractivity contribution in [2.24, 2.45) is 0 Å². The van der Waals surface area contributed by atoms with Crippen molar-refractivity contribution in [3.05, 3.63) is 33.9 Å². The molecule has 2 aromatic rings. The number of aromatic nitrogens is 2. The number of rotatable bonds is 9. The SMILES string of the molecule is CCOC(=O)COc1nc(S(C)(=O)=O)nc(Oc2cc(C#N)ccc2N(C)C)c1[N+](=O)[O-]. The Hall–Kier alpha value is -3.99. The number of nitriles is 1. The fourth-order valence-corrected chi connectivity index (χ4v) is 2.86. The van der Waals surface area contributed by atoms with Gasteiger partial charge in [0.1, 0.15) is 0 Å².